The minimum atomic E-state index is 0.570. The molecule has 2 aromatic heterocycles. The Kier molecular flexibility index (Phi) is 12.5. The first-order valence-corrected chi connectivity index (χ1v) is 19.4. The van der Waals surface area contributed by atoms with Gasteiger partial charge < -0.3 is 9.47 Å². The Morgan fingerprint density at radius 2 is 1.05 bits per heavy atom. The van der Waals surface area contributed by atoms with Gasteiger partial charge in [0.1, 0.15) is 22.9 Å². The van der Waals surface area contributed by atoms with E-state index >= 15 is 0 Å². The van der Waals surface area contributed by atoms with Gasteiger partial charge >= 0.3 is 0 Å². The summed E-state index contributed by atoms with van der Waals surface area (Å²) in [5.41, 5.74) is 9.60. The molecule has 6 heteroatoms. The SMILES string of the molecule is Cc1cc(C#Cc2ccc(-c3ccc(Cl)cc3)cn2)ccc1OCC[C](COc1ccc(C#Cc2ccc(-c3ccc(Cl)cc3)cn2)cc1C)C1CCCC1. The highest BCUT2D eigenvalue weighted by atomic mass is 35.5. The molecule has 0 spiro atoms. The predicted octanol–water partition coefficient (Wildman–Crippen LogP) is 12.1. The third-order valence-corrected chi connectivity index (χ3v) is 10.4. The number of benzene rings is 4. The fourth-order valence-electron chi connectivity index (χ4n) is 6.80. The lowest BCUT2D eigenvalue weighted by atomic mass is 9.89. The summed E-state index contributed by atoms with van der Waals surface area (Å²) in [7, 11) is 0. The summed E-state index contributed by atoms with van der Waals surface area (Å²) in [6.07, 6.45) is 9.51. The third-order valence-electron chi connectivity index (χ3n) is 9.93. The second-order valence-electron chi connectivity index (χ2n) is 13.9. The Hall–Kier alpha value is -5.52. The van der Waals surface area contributed by atoms with Crippen molar-refractivity contribution in [3.05, 3.63) is 171 Å². The van der Waals surface area contributed by atoms with E-state index in [2.05, 4.69) is 59.6 Å². The average Bonchev–Trinajstić information content (AvgIpc) is 3.75. The van der Waals surface area contributed by atoms with E-state index in [0.717, 1.165) is 73.8 Å². The van der Waals surface area contributed by atoms with Gasteiger partial charge in [-0.2, -0.15) is 0 Å². The molecule has 0 bridgehead atoms. The highest BCUT2D eigenvalue weighted by Crippen LogP contribution is 2.36. The highest BCUT2D eigenvalue weighted by molar-refractivity contribution is 6.30. The van der Waals surface area contributed by atoms with E-state index in [1.165, 1.54) is 31.6 Å². The Balaban J connectivity index is 0.917. The second kappa shape index (κ2) is 18.2. The van der Waals surface area contributed by atoms with Gasteiger partial charge in [-0.15, -0.1) is 0 Å². The van der Waals surface area contributed by atoms with Gasteiger partial charge in [0.15, 0.2) is 0 Å². The van der Waals surface area contributed by atoms with Crippen LogP contribution in [-0.2, 0) is 0 Å². The maximum atomic E-state index is 6.44. The Morgan fingerprint density at radius 3 is 1.51 bits per heavy atom. The lowest BCUT2D eigenvalue weighted by molar-refractivity contribution is 0.255. The Labute approximate surface area is 334 Å². The molecule has 1 saturated carbocycles. The van der Waals surface area contributed by atoms with Gasteiger partial charge in [0.05, 0.1) is 13.2 Å². The number of pyridine rings is 2. The van der Waals surface area contributed by atoms with Crippen molar-refractivity contribution in [1.82, 2.24) is 9.97 Å². The number of hydrogen-bond donors (Lipinski definition) is 0. The van der Waals surface area contributed by atoms with Crippen LogP contribution in [0.4, 0.5) is 0 Å². The first-order valence-electron chi connectivity index (χ1n) is 18.7. The maximum Gasteiger partial charge on any atom is 0.122 e. The summed E-state index contributed by atoms with van der Waals surface area (Å²) < 4.78 is 12.8. The zero-order valence-corrected chi connectivity index (χ0v) is 32.6. The molecule has 7 rings (SSSR count). The number of hydrogen-bond acceptors (Lipinski definition) is 4. The molecule has 55 heavy (non-hydrogen) atoms. The molecule has 6 aromatic rings. The summed E-state index contributed by atoms with van der Waals surface area (Å²) in [5, 5.41) is 1.43. The summed E-state index contributed by atoms with van der Waals surface area (Å²) in [6.45, 7) is 5.33. The van der Waals surface area contributed by atoms with E-state index in [4.69, 9.17) is 32.7 Å². The first kappa shape index (κ1) is 37.8. The van der Waals surface area contributed by atoms with E-state index in [9.17, 15) is 0 Å². The van der Waals surface area contributed by atoms with E-state index < -0.39 is 0 Å². The number of aryl methyl sites for hydroxylation is 2. The lowest BCUT2D eigenvalue weighted by Crippen LogP contribution is -2.20. The van der Waals surface area contributed by atoms with Gasteiger partial charge in [0, 0.05) is 50.6 Å². The van der Waals surface area contributed by atoms with Crippen molar-refractivity contribution in [2.45, 2.75) is 46.0 Å². The lowest BCUT2D eigenvalue weighted by Gasteiger charge is -2.24. The number of aromatic nitrogens is 2. The summed E-state index contributed by atoms with van der Waals surface area (Å²) >= 11 is 12.1. The zero-order chi connectivity index (χ0) is 38.0. The van der Waals surface area contributed by atoms with E-state index in [0.29, 0.717) is 29.2 Å². The summed E-state index contributed by atoms with van der Waals surface area (Å²) in [4.78, 5) is 9.09. The molecule has 1 radical (unpaired) electrons. The third kappa shape index (κ3) is 10.4. The van der Waals surface area contributed by atoms with Gasteiger partial charge in [-0.25, -0.2) is 9.97 Å². The van der Waals surface area contributed by atoms with E-state index in [1.807, 2.05) is 109 Å². The predicted molar refractivity (Wildman–Crippen MR) is 224 cm³/mol. The van der Waals surface area contributed by atoms with Crippen LogP contribution in [0.1, 0.15) is 65.7 Å². The highest BCUT2D eigenvalue weighted by Gasteiger charge is 2.26. The first-order chi connectivity index (χ1) is 26.9. The van der Waals surface area contributed by atoms with E-state index in [-0.39, 0.29) is 0 Å². The molecule has 0 atom stereocenters. The fraction of sp³-hybridized carbons (Fsp3) is 0.204. The molecule has 4 aromatic carbocycles. The van der Waals surface area contributed by atoms with E-state index in [1.54, 1.807) is 0 Å². The molecule has 1 aliphatic rings. The van der Waals surface area contributed by atoms with Gasteiger partial charge in [-0.1, -0.05) is 84.3 Å². The van der Waals surface area contributed by atoms with Gasteiger partial charge in [0.2, 0.25) is 0 Å². The van der Waals surface area contributed by atoms with Crippen LogP contribution >= 0.6 is 23.2 Å². The molecular weight excluding hydrogens is 719 g/mol. The van der Waals surface area contributed by atoms with Crippen molar-refractivity contribution < 1.29 is 9.47 Å². The normalized spacial score (nSPS) is 12.5. The smallest absolute Gasteiger partial charge is 0.122 e. The fourth-order valence-corrected chi connectivity index (χ4v) is 7.06. The monoisotopic (exact) mass is 759 g/mol. The standard InChI is InChI=1S/C49H41Cl2N2O2/c1-34-29-36(7-21-46-23-15-41(31-52-46)39-11-17-44(50)18-12-39)9-25-48(34)54-28-27-43(38-5-3-4-6-38)33-55-49-26-10-37(30-35(49)2)8-22-47-24-16-42(32-53-47)40-13-19-45(51)20-14-40/h9-20,23-26,29-32,38H,3-6,27-28,33H2,1-2H3. The van der Waals surface area contributed by atoms with Crippen LogP contribution in [0.2, 0.25) is 10.0 Å². The zero-order valence-electron chi connectivity index (χ0n) is 31.0. The molecule has 0 aliphatic heterocycles. The van der Waals surface area contributed by atoms with Gasteiger partial charge in [0.25, 0.3) is 0 Å². The quantitative estimate of drug-likeness (QED) is 0.130. The summed E-state index contributed by atoms with van der Waals surface area (Å²) in [5.74, 6) is 16.6. The Bertz CT molecular complexity index is 2340. The number of halogens is 2. The molecule has 1 aliphatic carbocycles. The molecule has 0 unspecified atom stereocenters. The van der Waals surface area contributed by atoms with Crippen molar-refractivity contribution in [2.75, 3.05) is 13.2 Å². The van der Waals surface area contributed by atoms with Gasteiger partial charge in [-0.3, -0.25) is 0 Å². The number of ether oxygens (including phenoxy) is 2. The van der Waals surface area contributed by atoms with Crippen LogP contribution in [-0.4, -0.2) is 23.2 Å². The van der Waals surface area contributed by atoms with Crippen molar-refractivity contribution in [2.24, 2.45) is 5.92 Å². The van der Waals surface area contributed by atoms with Crippen LogP contribution in [0.5, 0.6) is 11.5 Å². The van der Waals surface area contributed by atoms with Crippen LogP contribution in [0.25, 0.3) is 22.3 Å². The number of nitrogens with zero attached hydrogens (tertiary/aromatic N) is 2. The largest absolute Gasteiger partial charge is 0.493 e. The van der Waals surface area contributed by atoms with Crippen molar-refractivity contribution in [3.8, 4) is 57.4 Å². The molecule has 0 amide bonds. The van der Waals surface area contributed by atoms with Crippen molar-refractivity contribution in [1.29, 1.82) is 0 Å². The van der Waals surface area contributed by atoms with Crippen molar-refractivity contribution in [3.63, 3.8) is 0 Å². The minimum absolute atomic E-state index is 0.570. The summed E-state index contributed by atoms with van der Waals surface area (Å²) in [6, 6.07) is 35.6. The topological polar surface area (TPSA) is 44.2 Å². The molecule has 0 saturated heterocycles. The number of rotatable bonds is 10. The second-order valence-corrected chi connectivity index (χ2v) is 14.7. The maximum absolute atomic E-state index is 6.44. The molecule has 2 heterocycles. The van der Waals surface area contributed by atoms with Crippen LogP contribution in [0.15, 0.2) is 122 Å². The molecule has 4 nitrogen and oxygen atoms in total. The van der Waals surface area contributed by atoms with Gasteiger partial charge in [-0.05, 0) is 146 Å². The minimum Gasteiger partial charge on any atom is -0.493 e. The van der Waals surface area contributed by atoms with Crippen LogP contribution in [0.3, 0.4) is 0 Å². The molecule has 0 N–H and O–H groups in total. The van der Waals surface area contributed by atoms with Crippen molar-refractivity contribution >= 4 is 23.2 Å². The van der Waals surface area contributed by atoms with Crippen LogP contribution < -0.4 is 9.47 Å². The molecule has 273 valence electrons. The average molecular weight is 761 g/mol. The molecule has 1 fully saturated rings. The van der Waals surface area contributed by atoms with Crippen LogP contribution in [0, 0.1) is 49.4 Å². The Morgan fingerprint density at radius 1 is 0.582 bits per heavy atom. The molecular formula is C49H41Cl2N2O2.